The summed E-state index contributed by atoms with van der Waals surface area (Å²) in [5, 5.41) is 7.34. The van der Waals surface area contributed by atoms with Crippen LogP contribution < -0.4 is 5.32 Å². The molecule has 3 rings (SSSR count). The van der Waals surface area contributed by atoms with E-state index >= 15 is 0 Å². The predicted molar refractivity (Wildman–Crippen MR) is 87.0 cm³/mol. The highest BCUT2D eigenvalue weighted by atomic mass is 35.5. The Morgan fingerprint density at radius 3 is 2.77 bits per heavy atom. The Bertz CT molecular complexity index is 565. The Balaban J connectivity index is 0.00000176. The van der Waals surface area contributed by atoms with E-state index in [1.807, 2.05) is 12.1 Å². The monoisotopic (exact) mass is 323 g/mol. The summed E-state index contributed by atoms with van der Waals surface area (Å²) >= 11 is 0. The Morgan fingerprint density at radius 2 is 2.09 bits per heavy atom. The first-order valence-electron chi connectivity index (χ1n) is 7.59. The number of ether oxygens (including phenoxy) is 1. The predicted octanol–water partition coefficient (Wildman–Crippen LogP) is 2.99. The summed E-state index contributed by atoms with van der Waals surface area (Å²) in [4.78, 5) is 4.42. The number of rotatable bonds is 6. The van der Waals surface area contributed by atoms with Gasteiger partial charge in [-0.2, -0.15) is 4.98 Å². The summed E-state index contributed by atoms with van der Waals surface area (Å²) in [6, 6.07) is 8.27. The van der Waals surface area contributed by atoms with Gasteiger partial charge in [0.1, 0.15) is 0 Å². The van der Waals surface area contributed by atoms with E-state index in [0.29, 0.717) is 24.4 Å². The molecule has 0 radical (unpaired) electrons. The van der Waals surface area contributed by atoms with E-state index in [0.717, 1.165) is 38.0 Å². The molecule has 5 nitrogen and oxygen atoms in total. The first-order valence-corrected chi connectivity index (χ1v) is 7.59. The molecule has 0 saturated carbocycles. The largest absolute Gasteiger partial charge is 0.377 e. The van der Waals surface area contributed by atoms with Gasteiger partial charge in [0, 0.05) is 18.7 Å². The van der Waals surface area contributed by atoms with Gasteiger partial charge < -0.3 is 14.6 Å². The maximum Gasteiger partial charge on any atom is 0.240 e. The topological polar surface area (TPSA) is 60.2 Å². The molecule has 22 heavy (non-hydrogen) atoms. The van der Waals surface area contributed by atoms with Crippen LogP contribution in [0.3, 0.4) is 0 Å². The third kappa shape index (κ3) is 4.29. The molecule has 6 heteroatoms. The first-order chi connectivity index (χ1) is 10.3. The molecule has 0 spiro atoms. The SMILES string of the molecule is CCc1ccc(-c2noc(CNCC3CCCO3)n2)cc1.Cl. The smallest absolute Gasteiger partial charge is 0.240 e. The molecule has 1 aromatic carbocycles. The van der Waals surface area contributed by atoms with Crippen molar-refractivity contribution in [1.82, 2.24) is 15.5 Å². The second kappa shape index (κ2) is 8.27. The van der Waals surface area contributed by atoms with Crippen molar-refractivity contribution in [2.45, 2.75) is 38.8 Å². The normalized spacial score (nSPS) is 17.4. The van der Waals surface area contributed by atoms with Crippen molar-refractivity contribution in [3.05, 3.63) is 35.7 Å². The minimum absolute atomic E-state index is 0. The fraction of sp³-hybridized carbons (Fsp3) is 0.500. The van der Waals surface area contributed by atoms with Crippen molar-refractivity contribution in [3.8, 4) is 11.4 Å². The van der Waals surface area contributed by atoms with Crippen LogP contribution in [0.5, 0.6) is 0 Å². The molecule has 0 amide bonds. The van der Waals surface area contributed by atoms with Crippen LogP contribution in [0.1, 0.15) is 31.2 Å². The van der Waals surface area contributed by atoms with Crippen molar-refractivity contribution in [1.29, 1.82) is 0 Å². The number of halogens is 1. The van der Waals surface area contributed by atoms with Crippen molar-refractivity contribution < 1.29 is 9.26 Å². The summed E-state index contributed by atoms with van der Waals surface area (Å²) in [6.07, 6.45) is 3.65. The Kier molecular flexibility index (Phi) is 6.36. The summed E-state index contributed by atoms with van der Waals surface area (Å²) in [7, 11) is 0. The lowest BCUT2D eigenvalue weighted by Crippen LogP contribution is -2.25. The molecule has 1 fully saturated rings. The van der Waals surface area contributed by atoms with E-state index in [2.05, 4.69) is 34.5 Å². The minimum atomic E-state index is 0. The molecule has 1 saturated heterocycles. The van der Waals surface area contributed by atoms with Gasteiger partial charge in [0.05, 0.1) is 12.6 Å². The molecule has 0 aliphatic carbocycles. The van der Waals surface area contributed by atoms with Crippen LogP contribution in [0.2, 0.25) is 0 Å². The molecular formula is C16H22ClN3O2. The van der Waals surface area contributed by atoms with Crippen molar-refractivity contribution in [3.63, 3.8) is 0 Å². The quantitative estimate of drug-likeness (QED) is 0.885. The molecule has 1 N–H and O–H groups in total. The average molecular weight is 324 g/mol. The number of benzene rings is 1. The zero-order valence-corrected chi connectivity index (χ0v) is 13.6. The lowest BCUT2D eigenvalue weighted by atomic mass is 10.1. The third-order valence-electron chi connectivity index (χ3n) is 3.76. The molecule has 120 valence electrons. The molecule has 1 aromatic heterocycles. The van der Waals surface area contributed by atoms with Gasteiger partial charge in [-0.3, -0.25) is 0 Å². The van der Waals surface area contributed by atoms with Crippen LogP contribution in [-0.2, 0) is 17.7 Å². The number of nitrogens with zero attached hydrogens (tertiary/aromatic N) is 2. The Labute approximate surface area is 136 Å². The van der Waals surface area contributed by atoms with Crippen LogP contribution in [0.15, 0.2) is 28.8 Å². The molecule has 2 heterocycles. The van der Waals surface area contributed by atoms with Crippen LogP contribution in [0, 0.1) is 0 Å². The van der Waals surface area contributed by atoms with Crippen molar-refractivity contribution in [2.24, 2.45) is 0 Å². The van der Waals surface area contributed by atoms with Gasteiger partial charge in [0.25, 0.3) is 0 Å². The van der Waals surface area contributed by atoms with Gasteiger partial charge in [-0.15, -0.1) is 12.4 Å². The third-order valence-corrected chi connectivity index (χ3v) is 3.76. The number of aromatic nitrogens is 2. The summed E-state index contributed by atoms with van der Waals surface area (Å²) < 4.78 is 10.8. The van der Waals surface area contributed by atoms with Crippen molar-refractivity contribution in [2.75, 3.05) is 13.2 Å². The number of hydrogen-bond donors (Lipinski definition) is 1. The Morgan fingerprint density at radius 1 is 1.27 bits per heavy atom. The van der Waals surface area contributed by atoms with Crippen molar-refractivity contribution >= 4 is 12.4 Å². The maximum atomic E-state index is 5.56. The summed E-state index contributed by atoms with van der Waals surface area (Å²) in [5.41, 5.74) is 2.29. The van der Waals surface area contributed by atoms with E-state index in [-0.39, 0.29) is 12.4 Å². The minimum Gasteiger partial charge on any atom is -0.377 e. The molecule has 1 aliphatic heterocycles. The standard InChI is InChI=1S/C16H21N3O2.ClH/c1-2-12-5-7-13(8-6-12)16-18-15(21-19-16)11-17-10-14-4-3-9-20-14;/h5-8,14,17H,2-4,9-11H2,1H3;1H. The van der Waals surface area contributed by atoms with Gasteiger partial charge in [0.2, 0.25) is 11.7 Å². The van der Waals surface area contributed by atoms with Gasteiger partial charge in [-0.1, -0.05) is 36.3 Å². The highest BCUT2D eigenvalue weighted by Gasteiger charge is 2.15. The van der Waals surface area contributed by atoms with Crippen LogP contribution >= 0.6 is 12.4 Å². The molecule has 1 atom stereocenters. The van der Waals surface area contributed by atoms with E-state index in [9.17, 15) is 0 Å². The van der Waals surface area contributed by atoms with E-state index < -0.39 is 0 Å². The van der Waals surface area contributed by atoms with E-state index in [1.54, 1.807) is 0 Å². The van der Waals surface area contributed by atoms with Crippen LogP contribution in [0.4, 0.5) is 0 Å². The van der Waals surface area contributed by atoms with Gasteiger partial charge in [-0.25, -0.2) is 0 Å². The zero-order chi connectivity index (χ0) is 14.5. The van der Waals surface area contributed by atoms with Crippen LogP contribution in [0.25, 0.3) is 11.4 Å². The van der Waals surface area contributed by atoms with E-state index in [4.69, 9.17) is 9.26 Å². The summed E-state index contributed by atoms with van der Waals surface area (Å²) in [5.74, 6) is 1.26. The highest BCUT2D eigenvalue weighted by Crippen LogP contribution is 2.17. The second-order valence-corrected chi connectivity index (χ2v) is 5.33. The number of aryl methyl sites for hydroxylation is 1. The van der Waals surface area contributed by atoms with Gasteiger partial charge >= 0.3 is 0 Å². The molecule has 1 unspecified atom stereocenters. The fourth-order valence-corrected chi connectivity index (χ4v) is 2.48. The summed E-state index contributed by atoms with van der Waals surface area (Å²) in [6.45, 7) is 4.44. The number of hydrogen-bond acceptors (Lipinski definition) is 5. The first kappa shape index (κ1) is 16.9. The highest BCUT2D eigenvalue weighted by molar-refractivity contribution is 5.85. The van der Waals surface area contributed by atoms with Gasteiger partial charge in [-0.05, 0) is 24.8 Å². The average Bonchev–Trinajstić information content (AvgIpc) is 3.19. The lowest BCUT2D eigenvalue weighted by molar-refractivity contribution is 0.109. The van der Waals surface area contributed by atoms with Gasteiger partial charge in [0.15, 0.2) is 0 Å². The number of nitrogens with one attached hydrogen (secondary N) is 1. The second-order valence-electron chi connectivity index (χ2n) is 5.33. The fourth-order valence-electron chi connectivity index (χ4n) is 2.48. The van der Waals surface area contributed by atoms with E-state index in [1.165, 1.54) is 5.56 Å². The maximum absolute atomic E-state index is 5.56. The lowest BCUT2D eigenvalue weighted by Gasteiger charge is -2.08. The Hall–Kier alpha value is -1.43. The molecule has 0 bridgehead atoms. The zero-order valence-electron chi connectivity index (χ0n) is 12.7. The molecule has 2 aromatic rings. The molecular weight excluding hydrogens is 302 g/mol. The molecule has 1 aliphatic rings. The van der Waals surface area contributed by atoms with Crippen LogP contribution in [-0.4, -0.2) is 29.4 Å².